The molecule has 4 rings (SSSR count). The predicted molar refractivity (Wildman–Crippen MR) is 146 cm³/mol. The lowest BCUT2D eigenvalue weighted by Gasteiger charge is -2.32. The van der Waals surface area contributed by atoms with Crippen LogP contribution in [0.25, 0.3) is 0 Å². The number of nitrogens with one attached hydrogen (secondary N) is 2. The first-order valence-corrected chi connectivity index (χ1v) is 12.8. The Balaban J connectivity index is 1.37. The largest absolute Gasteiger partial charge is 0.366 e. The zero-order valence-electron chi connectivity index (χ0n) is 20.1. The van der Waals surface area contributed by atoms with Crippen LogP contribution in [0.15, 0.2) is 41.0 Å². The van der Waals surface area contributed by atoms with Crippen LogP contribution in [0.1, 0.15) is 45.5 Å². The fourth-order valence-electron chi connectivity index (χ4n) is 4.36. The van der Waals surface area contributed by atoms with Crippen LogP contribution in [0, 0.1) is 25.2 Å². The summed E-state index contributed by atoms with van der Waals surface area (Å²) in [4.78, 5) is 22.8. The summed E-state index contributed by atoms with van der Waals surface area (Å²) in [6, 6.07) is 11.4. The van der Waals surface area contributed by atoms with Crippen molar-refractivity contribution < 1.29 is 4.79 Å². The molecule has 1 fully saturated rings. The van der Waals surface area contributed by atoms with Crippen molar-refractivity contribution in [3.63, 3.8) is 0 Å². The van der Waals surface area contributed by atoms with Gasteiger partial charge in [-0.05, 0) is 83.6 Å². The van der Waals surface area contributed by atoms with Gasteiger partial charge < -0.3 is 16.4 Å². The Kier molecular flexibility index (Phi) is 8.09. The Labute approximate surface area is 224 Å². The Morgan fingerprint density at radius 2 is 1.94 bits per heavy atom. The van der Waals surface area contributed by atoms with Gasteiger partial charge in [-0.3, -0.25) is 9.69 Å². The molecule has 4 N–H and O–H groups in total. The molecule has 0 spiro atoms. The van der Waals surface area contributed by atoms with Crippen molar-refractivity contribution in [1.82, 2.24) is 14.9 Å². The topological polar surface area (TPSA) is 120 Å². The van der Waals surface area contributed by atoms with Gasteiger partial charge in [0.25, 0.3) is 0 Å². The summed E-state index contributed by atoms with van der Waals surface area (Å²) in [6.45, 7) is 6.46. The fourth-order valence-corrected chi connectivity index (χ4v) is 4.89. The number of primary amides is 1. The highest BCUT2D eigenvalue weighted by Crippen LogP contribution is 2.30. The average molecular weight is 569 g/mol. The van der Waals surface area contributed by atoms with E-state index in [9.17, 15) is 10.1 Å². The molecular weight excluding hydrogens is 542 g/mol. The van der Waals surface area contributed by atoms with Crippen LogP contribution in [-0.2, 0) is 6.54 Å². The molecule has 36 heavy (non-hydrogen) atoms. The molecule has 0 atom stereocenters. The van der Waals surface area contributed by atoms with E-state index in [1.807, 2.05) is 32.0 Å². The number of nitrogens with zero attached hydrogens (tertiary/aromatic N) is 4. The number of halogens is 2. The zero-order valence-corrected chi connectivity index (χ0v) is 22.4. The number of anilines is 3. The maximum atomic E-state index is 11.3. The van der Waals surface area contributed by atoms with E-state index in [0.29, 0.717) is 27.9 Å². The second-order valence-corrected chi connectivity index (χ2v) is 10.2. The third-order valence-corrected chi connectivity index (χ3v) is 7.23. The van der Waals surface area contributed by atoms with Crippen LogP contribution in [0.5, 0.6) is 0 Å². The minimum atomic E-state index is -0.481. The van der Waals surface area contributed by atoms with Crippen molar-refractivity contribution in [2.45, 2.75) is 39.3 Å². The molecule has 186 valence electrons. The molecule has 0 saturated carbocycles. The van der Waals surface area contributed by atoms with E-state index in [1.165, 1.54) is 0 Å². The SMILES string of the molecule is Cc1cc(C#N)cc(C)c1Nc1nc(NC2CCN(Cc3ccc(C(N)=O)cc3Cl)CC2)ncc1Br. The standard InChI is InChI=1S/C26H27BrClN7O/c1-15-9-17(12-29)10-16(2)23(15)33-25-21(27)13-31-26(34-25)32-20-5-7-35(8-6-20)14-19-4-3-18(24(30)36)11-22(19)28/h3-4,9-11,13,20H,5-8,14H2,1-2H3,(H2,30,36)(H2,31,32,33,34). The van der Waals surface area contributed by atoms with Crippen molar-refractivity contribution in [3.8, 4) is 6.07 Å². The van der Waals surface area contributed by atoms with Crippen molar-refractivity contribution >= 4 is 50.9 Å². The Morgan fingerprint density at radius 1 is 1.25 bits per heavy atom. The molecule has 0 bridgehead atoms. The minimum absolute atomic E-state index is 0.251. The monoisotopic (exact) mass is 567 g/mol. The first kappa shape index (κ1) is 25.9. The van der Waals surface area contributed by atoms with E-state index in [0.717, 1.165) is 59.3 Å². The Bertz CT molecular complexity index is 1310. The number of nitriles is 1. The van der Waals surface area contributed by atoms with Crippen LogP contribution in [-0.4, -0.2) is 39.9 Å². The lowest BCUT2D eigenvalue weighted by atomic mass is 10.0. The van der Waals surface area contributed by atoms with Gasteiger partial charge in [0.05, 0.1) is 16.1 Å². The van der Waals surface area contributed by atoms with Gasteiger partial charge in [-0.2, -0.15) is 10.2 Å². The summed E-state index contributed by atoms with van der Waals surface area (Å²) in [7, 11) is 0. The lowest BCUT2D eigenvalue weighted by Crippen LogP contribution is -2.39. The van der Waals surface area contributed by atoms with Crippen LogP contribution in [0.3, 0.4) is 0 Å². The molecule has 0 aliphatic carbocycles. The smallest absolute Gasteiger partial charge is 0.248 e. The molecule has 3 aromatic rings. The maximum Gasteiger partial charge on any atom is 0.248 e. The lowest BCUT2D eigenvalue weighted by molar-refractivity contribution is 0.1000. The molecule has 2 heterocycles. The van der Waals surface area contributed by atoms with Crippen LogP contribution in [0.2, 0.25) is 5.02 Å². The third-order valence-electron chi connectivity index (χ3n) is 6.30. The van der Waals surface area contributed by atoms with Gasteiger partial charge in [-0.15, -0.1) is 0 Å². The summed E-state index contributed by atoms with van der Waals surface area (Å²) in [5.41, 5.74) is 10.2. The molecule has 0 radical (unpaired) electrons. The van der Waals surface area contributed by atoms with Crippen molar-refractivity contribution in [2.24, 2.45) is 5.73 Å². The van der Waals surface area contributed by atoms with E-state index in [2.05, 4.69) is 42.5 Å². The molecule has 1 saturated heterocycles. The number of nitrogens with two attached hydrogens (primary N) is 1. The number of benzene rings is 2. The molecule has 1 aromatic heterocycles. The molecule has 10 heteroatoms. The molecule has 2 aromatic carbocycles. The third kappa shape index (κ3) is 6.13. The summed E-state index contributed by atoms with van der Waals surface area (Å²) < 4.78 is 0.755. The normalized spacial score (nSPS) is 14.3. The van der Waals surface area contributed by atoms with Gasteiger partial charge in [-0.25, -0.2) is 4.98 Å². The average Bonchev–Trinajstić information content (AvgIpc) is 2.85. The van der Waals surface area contributed by atoms with Crippen LogP contribution in [0.4, 0.5) is 17.5 Å². The zero-order chi connectivity index (χ0) is 25.8. The number of rotatable bonds is 7. The van der Waals surface area contributed by atoms with E-state index in [1.54, 1.807) is 18.3 Å². The number of aromatic nitrogens is 2. The predicted octanol–water partition coefficient (Wildman–Crippen LogP) is 5.30. The number of carbonyl (C=O) groups is 1. The number of hydrogen-bond acceptors (Lipinski definition) is 7. The quantitative estimate of drug-likeness (QED) is 0.354. The summed E-state index contributed by atoms with van der Waals surface area (Å²) in [6.07, 6.45) is 3.61. The van der Waals surface area contributed by atoms with Crippen LogP contribution < -0.4 is 16.4 Å². The molecule has 8 nitrogen and oxygen atoms in total. The summed E-state index contributed by atoms with van der Waals surface area (Å²) >= 11 is 9.90. The van der Waals surface area contributed by atoms with Gasteiger partial charge in [0.1, 0.15) is 5.82 Å². The van der Waals surface area contributed by atoms with E-state index in [-0.39, 0.29) is 6.04 Å². The van der Waals surface area contributed by atoms with Gasteiger partial charge in [0.2, 0.25) is 11.9 Å². The fraction of sp³-hybridized carbons (Fsp3) is 0.308. The molecular formula is C26H27BrClN7O. The first-order chi connectivity index (χ1) is 17.2. The van der Waals surface area contributed by atoms with Gasteiger partial charge in [0, 0.05) is 48.1 Å². The molecule has 0 unspecified atom stereocenters. The number of piperidine rings is 1. The minimum Gasteiger partial charge on any atom is -0.366 e. The number of carbonyl (C=O) groups excluding carboxylic acids is 1. The Hall–Kier alpha value is -3.19. The summed E-state index contributed by atoms with van der Waals surface area (Å²) in [5.74, 6) is 0.745. The van der Waals surface area contributed by atoms with E-state index in [4.69, 9.17) is 22.3 Å². The Morgan fingerprint density at radius 3 is 2.56 bits per heavy atom. The van der Waals surface area contributed by atoms with Crippen molar-refractivity contribution in [2.75, 3.05) is 23.7 Å². The van der Waals surface area contributed by atoms with Gasteiger partial charge in [-0.1, -0.05) is 17.7 Å². The maximum absolute atomic E-state index is 11.3. The highest BCUT2D eigenvalue weighted by Gasteiger charge is 2.21. The highest BCUT2D eigenvalue weighted by molar-refractivity contribution is 9.10. The molecule has 1 amide bonds. The highest BCUT2D eigenvalue weighted by atomic mass is 79.9. The van der Waals surface area contributed by atoms with E-state index < -0.39 is 5.91 Å². The molecule has 1 aliphatic rings. The van der Waals surface area contributed by atoms with Gasteiger partial charge >= 0.3 is 0 Å². The number of aryl methyl sites for hydroxylation is 2. The number of likely N-dealkylation sites (tertiary alicyclic amines) is 1. The molecule has 1 aliphatic heterocycles. The first-order valence-electron chi connectivity index (χ1n) is 11.6. The summed E-state index contributed by atoms with van der Waals surface area (Å²) in [5, 5.41) is 16.6. The number of amides is 1. The van der Waals surface area contributed by atoms with E-state index >= 15 is 0 Å². The second-order valence-electron chi connectivity index (χ2n) is 8.98. The van der Waals surface area contributed by atoms with Crippen LogP contribution >= 0.6 is 27.5 Å². The second kappa shape index (κ2) is 11.2. The van der Waals surface area contributed by atoms with Crippen molar-refractivity contribution in [1.29, 1.82) is 5.26 Å². The van der Waals surface area contributed by atoms with Crippen molar-refractivity contribution in [3.05, 3.63) is 73.8 Å². The van der Waals surface area contributed by atoms with Gasteiger partial charge in [0.15, 0.2) is 0 Å². The number of hydrogen-bond donors (Lipinski definition) is 3.